The fraction of sp³-hybridized carbons (Fsp3) is 0. The van der Waals surface area contributed by atoms with Crippen molar-refractivity contribution in [3.05, 3.63) is 0 Å². The molecule has 0 bridgehead atoms. The first kappa shape index (κ1) is 9.62. The highest BCUT2D eigenvalue weighted by molar-refractivity contribution is 6.92. The van der Waals surface area contributed by atoms with Crippen molar-refractivity contribution in [1.82, 2.24) is 0 Å². The van der Waals surface area contributed by atoms with Crippen molar-refractivity contribution in [3.8, 4) is 0 Å². The zero-order valence-corrected chi connectivity index (χ0v) is 4.83. The molecule has 4 nitrogen and oxygen atoms in total. The second-order valence-electron chi connectivity index (χ2n) is 0.610. The van der Waals surface area contributed by atoms with Crippen molar-refractivity contribution in [1.29, 1.82) is 0 Å². The summed E-state index contributed by atoms with van der Waals surface area (Å²) in [5.41, 5.74) is 0. The molecule has 0 radical (unpaired) electrons. The molecule has 7 heavy (non-hydrogen) atoms. The molecule has 42 valence electrons. The second kappa shape index (κ2) is 3.56. The maximum absolute atomic E-state index is 9.10. The van der Waals surface area contributed by atoms with Gasteiger partial charge in [0, 0.05) is 0 Å². The summed E-state index contributed by atoms with van der Waals surface area (Å²) < 4.78 is 0. The minimum Gasteiger partial charge on any atom is -0.473 e. The van der Waals surface area contributed by atoms with Crippen molar-refractivity contribution < 1.29 is 19.8 Å². The highest BCUT2D eigenvalue weighted by Crippen LogP contribution is 1.56. The molecule has 0 aromatic heterocycles. The molecule has 0 saturated heterocycles. The Kier molecular flexibility index (Phi) is 4.89. The van der Waals surface area contributed by atoms with Crippen LogP contribution in [0, 0.1) is 0 Å². The molecule has 0 rings (SSSR count). The van der Waals surface area contributed by atoms with Gasteiger partial charge in [0.2, 0.25) is 0 Å². The summed E-state index contributed by atoms with van der Waals surface area (Å²) in [7, 11) is 0. The maximum Gasteiger partial charge on any atom is 0.414 e. The molecule has 0 heterocycles. The highest BCUT2D eigenvalue weighted by atomic mass is 31.0. The predicted molar refractivity (Wildman–Crippen MR) is 26.4 cm³/mol. The number of carbonyl (C=O) groups is 2. The van der Waals surface area contributed by atoms with E-state index in [9.17, 15) is 0 Å². The van der Waals surface area contributed by atoms with Gasteiger partial charge < -0.3 is 10.2 Å². The molecule has 2 N–H and O–H groups in total. The van der Waals surface area contributed by atoms with Crippen LogP contribution in [0.4, 0.5) is 0 Å². The van der Waals surface area contributed by atoms with Crippen LogP contribution in [0.5, 0.6) is 0 Å². The molecule has 0 saturated carbocycles. The monoisotopic (exact) mass is 124 g/mol. The first-order valence-electron chi connectivity index (χ1n) is 1.11. The minimum absolute atomic E-state index is 0. The fourth-order valence-corrected chi connectivity index (χ4v) is 0. The normalized spacial score (nSPS) is 6.29. The van der Waals surface area contributed by atoms with E-state index in [0.717, 1.165) is 0 Å². The van der Waals surface area contributed by atoms with Crippen LogP contribution in [-0.2, 0) is 9.59 Å². The molecule has 1 unspecified atom stereocenters. The van der Waals surface area contributed by atoms with Crippen molar-refractivity contribution in [2.24, 2.45) is 0 Å². The standard InChI is InChI=1S/C2H2O4.H3P/c3-1(4)2(5)6;/h(H,3,4)(H,5,6);1H3. The number of carboxylic acid groups (broad SMARTS) is 2. The van der Waals surface area contributed by atoms with Crippen LogP contribution >= 0.6 is 9.90 Å². The Morgan fingerprint density at radius 2 is 1.14 bits per heavy atom. The van der Waals surface area contributed by atoms with E-state index in [1.165, 1.54) is 0 Å². The quantitative estimate of drug-likeness (QED) is 0.328. The Bertz CT molecular complexity index is 75.7. The number of rotatable bonds is 0. The van der Waals surface area contributed by atoms with Crippen LogP contribution in [0.25, 0.3) is 0 Å². The van der Waals surface area contributed by atoms with Gasteiger partial charge in [-0.05, 0) is 0 Å². The predicted octanol–water partition coefficient (Wildman–Crippen LogP) is -0.786. The zero-order chi connectivity index (χ0) is 5.15. The molecule has 0 aromatic carbocycles. The van der Waals surface area contributed by atoms with Gasteiger partial charge in [-0.25, -0.2) is 9.59 Å². The molecule has 0 aliphatic heterocycles. The third-order valence-electron chi connectivity index (χ3n) is 0.183. The van der Waals surface area contributed by atoms with Gasteiger partial charge in [-0.3, -0.25) is 0 Å². The molecule has 0 aliphatic carbocycles. The van der Waals surface area contributed by atoms with Gasteiger partial charge in [0.1, 0.15) is 0 Å². The lowest BCUT2D eigenvalue weighted by molar-refractivity contribution is -0.159. The van der Waals surface area contributed by atoms with Crippen LogP contribution < -0.4 is 0 Å². The Labute approximate surface area is 42.8 Å². The lowest BCUT2D eigenvalue weighted by Crippen LogP contribution is -2.09. The summed E-state index contributed by atoms with van der Waals surface area (Å²) in [5.74, 6) is -3.65. The molecule has 0 amide bonds. The number of hydrogen-bond donors (Lipinski definition) is 2. The van der Waals surface area contributed by atoms with Gasteiger partial charge in [0.15, 0.2) is 0 Å². The molecule has 0 fully saturated rings. The lowest BCUT2D eigenvalue weighted by Gasteiger charge is -1.72. The van der Waals surface area contributed by atoms with E-state index in [1.54, 1.807) is 0 Å². The van der Waals surface area contributed by atoms with Crippen molar-refractivity contribution in [2.45, 2.75) is 0 Å². The minimum atomic E-state index is -1.82. The van der Waals surface area contributed by atoms with Crippen LogP contribution in [0.15, 0.2) is 0 Å². The molecule has 0 spiro atoms. The Morgan fingerprint density at radius 1 is 1.00 bits per heavy atom. The Morgan fingerprint density at radius 3 is 1.14 bits per heavy atom. The van der Waals surface area contributed by atoms with Crippen molar-refractivity contribution >= 4 is 21.8 Å². The number of aliphatic carboxylic acids is 2. The fourth-order valence-electron chi connectivity index (χ4n) is 0. The van der Waals surface area contributed by atoms with E-state index in [-0.39, 0.29) is 9.90 Å². The summed E-state index contributed by atoms with van der Waals surface area (Å²) in [5, 5.41) is 14.8. The summed E-state index contributed by atoms with van der Waals surface area (Å²) in [6.45, 7) is 0. The van der Waals surface area contributed by atoms with E-state index >= 15 is 0 Å². The molecular weight excluding hydrogens is 119 g/mol. The largest absolute Gasteiger partial charge is 0.473 e. The summed E-state index contributed by atoms with van der Waals surface area (Å²) in [6, 6.07) is 0. The first-order valence-corrected chi connectivity index (χ1v) is 1.11. The first-order chi connectivity index (χ1) is 2.64. The van der Waals surface area contributed by atoms with Crippen LogP contribution in [0.2, 0.25) is 0 Å². The maximum atomic E-state index is 9.10. The van der Waals surface area contributed by atoms with E-state index in [4.69, 9.17) is 19.8 Å². The average molecular weight is 124 g/mol. The van der Waals surface area contributed by atoms with Crippen molar-refractivity contribution in [3.63, 3.8) is 0 Å². The van der Waals surface area contributed by atoms with Crippen molar-refractivity contribution in [2.75, 3.05) is 0 Å². The Hall–Kier alpha value is -0.630. The smallest absolute Gasteiger partial charge is 0.414 e. The number of carboxylic acids is 2. The molecule has 0 aromatic rings. The lowest BCUT2D eigenvalue weighted by atomic mass is 10.7. The van der Waals surface area contributed by atoms with Gasteiger partial charge in [0.25, 0.3) is 0 Å². The summed E-state index contributed by atoms with van der Waals surface area (Å²) >= 11 is 0. The van der Waals surface area contributed by atoms with E-state index < -0.39 is 11.9 Å². The van der Waals surface area contributed by atoms with Crippen LogP contribution in [0.1, 0.15) is 0 Å². The van der Waals surface area contributed by atoms with Gasteiger partial charge in [-0.1, -0.05) is 0 Å². The van der Waals surface area contributed by atoms with E-state index in [2.05, 4.69) is 0 Å². The van der Waals surface area contributed by atoms with Gasteiger partial charge >= 0.3 is 11.9 Å². The van der Waals surface area contributed by atoms with Gasteiger partial charge in [0.05, 0.1) is 0 Å². The van der Waals surface area contributed by atoms with E-state index in [1.807, 2.05) is 0 Å². The molecule has 1 atom stereocenters. The van der Waals surface area contributed by atoms with Crippen LogP contribution in [0.3, 0.4) is 0 Å². The molecule has 5 heteroatoms. The molecule has 0 aliphatic rings. The second-order valence-corrected chi connectivity index (χ2v) is 0.610. The zero-order valence-electron chi connectivity index (χ0n) is 3.42. The topological polar surface area (TPSA) is 74.6 Å². The summed E-state index contributed by atoms with van der Waals surface area (Å²) in [6.07, 6.45) is 0. The van der Waals surface area contributed by atoms with E-state index in [0.29, 0.717) is 0 Å². The van der Waals surface area contributed by atoms with Crippen LogP contribution in [-0.4, -0.2) is 22.2 Å². The van der Waals surface area contributed by atoms with Gasteiger partial charge in [-0.15, -0.1) is 0 Å². The summed E-state index contributed by atoms with van der Waals surface area (Å²) in [4.78, 5) is 18.2. The number of hydrogen-bond acceptors (Lipinski definition) is 2. The third-order valence-corrected chi connectivity index (χ3v) is 0.183. The SMILES string of the molecule is O=C(O)C(=O)O.P. The average Bonchev–Trinajstić information content (AvgIpc) is 1.36. The third kappa shape index (κ3) is 5.37. The highest BCUT2D eigenvalue weighted by Gasteiger charge is 2.04. The Balaban J connectivity index is 0. The molecular formula is C2H5O4P. The van der Waals surface area contributed by atoms with Gasteiger partial charge in [-0.2, -0.15) is 9.90 Å².